The normalized spacial score (nSPS) is 14.1. The SMILES string of the molecule is CCC(COC(F)F)NC. The van der Waals surface area contributed by atoms with Crippen LogP contribution in [0.4, 0.5) is 8.78 Å². The zero-order valence-electron chi connectivity index (χ0n) is 6.23. The minimum absolute atomic E-state index is 0.0361. The Morgan fingerprint density at radius 1 is 1.50 bits per heavy atom. The molecule has 0 saturated carbocycles. The van der Waals surface area contributed by atoms with Crippen LogP contribution in [0, 0.1) is 0 Å². The standard InChI is InChI=1S/C6H13F2NO/c1-3-5(9-2)4-10-6(7)8/h5-6,9H,3-4H2,1-2H3. The lowest BCUT2D eigenvalue weighted by Crippen LogP contribution is -2.30. The predicted molar refractivity (Wildman–Crippen MR) is 35.1 cm³/mol. The summed E-state index contributed by atoms with van der Waals surface area (Å²) in [5, 5.41) is 2.85. The Balaban J connectivity index is 3.26. The summed E-state index contributed by atoms with van der Waals surface area (Å²) in [6, 6.07) is 0.0361. The summed E-state index contributed by atoms with van der Waals surface area (Å²) in [5.74, 6) is 0. The van der Waals surface area contributed by atoms with Gasteiger partial charge < -0.3 is 10.1 Å². The van der Waals surface area contributed by atoms with Crippen molar-refractivity contribution in [2.75, 3.05) is 13.7 Å². The highest BCUT2D eigenvalue weighted by molar-refractivity contribution is 4.58. The van der Waals surface area contributed by atoms with E-state index < -0.39 is 6.61 Å². The molecule has 0 aliphatic rings. The maximum atomic E-state index is 11.4. The van der Waals surface area contributed by atoms with E-state index in [1.807, 2.05) is 6.92 Å². The minimum Gasteiger partial charge on any atom is -0.321 e. The molecule has 10 heavy (non-hydrogen) atoms. The summed E-state index contributed by atoms with van der Waals surface area (Å²) >= 11 is 0. The van der Waals surface area contributed by atoms with Crippen LogP contribution in [0.15, 0.2) is 0 Å². The average molecular weight is 153 g/mol. The lowest BCUT2D eigenvalue weighted by Gasteiger charge is -2.12. The molecule has 0 aromatic rings. The lowest BCUT2D eigenvalue weighted by molar-refractivity contribution is -0.133. The van der Waals surface area contributed by atoms with E-state index in [4.69, 9.17) is 0 Å². The fourth-order valence-electron chi connectivity index (χ4n) is 0.594. The topological polar surface area (TPSA) is 21.3 Å². The molecule has 0 spiro atoms. The smallest absolute Gasteiger partial charge is 0.321 e. The summed E-state index contributed by atoms with van der Waals surface area (Å²) in [6.07, 6.45) is 0.795. The predicted octanol–water partition coefficient (Wildman–Crippen LogP) is 1.22. The summed E-state index contributed by atoms with van der Waals surface area (Å²) in [7, 11) is 1.73. The Hall–Kier alpha value is -0.220. The molecule has 0 heterocycles. The highest BCUT2D eigenvalue weighted by Gasteiger charge is 2.06. The van der Waals surface area contributed by atoms with E-state index >= 15 is 0 Å². The van der Waals surface area contributed by atoms with Gasteiger partial charge in [0.15, 0.2) is 0 Å². The Morgan fingerprint density at radius 2 is 2.10 bits per heavy atom. The van der Waals surface area contributed by atoms with E-state index in [1.54, 1.807) is 7.05 Å². The van der Waals surface area contributed by atoms with Crippen LogP contribution in [0.1, 0.15) is 13.3 Å². The molecular weight excluding hydrogens is 140 g/mol. The van der Waals surface area contributed by atoms with Crippen LogP contribution >= 0.6 is 0 Å². The molecule has 0 radical (unpaired) electrons. The molecule has 0 aliphatic carbocycles. The Kier molecular flexibility index (Phi) is 5.43. The molecule has 0 aromatic heterocycles. The van der Waals surface area contributed by atoms with Crippen molar-refractivity contribution in [2.24, 2.45) is 0 Å². The van der Waals surface area contributed by atoms with Gasteiger partial charge in [0.1, 0.15) is 0 Å². The highest BCUT2D eigenvalue weighted by Crippen LogP contribution is 1.97. The molecule has 62 valence electrons. The van der Waals surface area contributed by atoms with Crippen molar-refractivity contribution in [3.63, 3.8) is 0 Å². The number of alkyl halides is 2. The minimum atomic E-state index is -2.65. The van der Waals surface area contributed by atoms with Crippen molar-refractivity contribution in [3.8, 4) is 0 Å². The molecule has 0 saturated heterocycles. The van der Waals surface area contributed by atoms with Crippen molar-refractivity contribution >= 4 is 0 Å². The van der Waals surface area contributed by atoms with Crippen LogP contribution in [-0.2, 0) is 4.74 Å². The molecule has 0 aromatic carbocycles. The summed E-state index contributed by atoms with van der Waals surface area (Å²) in [5.41, 5.74) is 0. The second-order valence-corrected chi connectivity index (χ2v) is 1.99. The average Bonchev–Trinajstić information content (AvgIpc) is 1.90. The molecule has 1 atom stereocenters. The number of ether oxygens (including phenoxy) is 1. The number of hydrogen-bond acceptors (Lipinski definition) is 2. The first-order chi connectivity index (χ1) is 4.70. The number of hydrogen-bond donors (Lipinski definition) is 1. The van der Waals surface area contributed by atoms with Gasteiger partial charge in [-0.3, -0.25) is 0 Å². The second kappa shape index (κ2) is 5.56. The first-order valence-electron chi connectivity index (χ1n) is 3.27. The Morgan fingerprint density at radius 3 is 2.40 bits per heavy atom. The molecule has 0 fully saturated rings. The molecular formula is C6H13F2NO. The van der Waals surface area contributed by atoms with E-state index in [0.29, 0.717) is 0 Å². The quantitative estimate of drug-likeness (QED) is 0.641. The van der Waals surface area contributed by atoms with Crippen molar-refractivity contribution in [2.45, 2.75) is 26.0 Å². The molecule has 1 unspecified atom stereocenters. The van der Waals surface area contributed by atoms with Gasteiger partial charge >= 0.3 is 6.61 Å². The fraction of sp³-hybridized carbons (Fsp3) is 1.00. The van der Waals surface area contributed by atoms with E-state index in [9.17, 15) is 8.78 Å². The zero-order chi connectivity index (χ0) is 7.98. The Labute approximate surface area is 59.6 Å². The third-order valence-corrected chi connectivity index (χ3v) is 1.32. The maximum absolute atomic E-state index is 11.4. The summed E-state index contributed by atoms with van der Waals surface area (Å²) < 4.78 is 26.9. The molecule has 4 heteroatoms. The van der Waals surface area contributed by atoms with Crippen LogP contribution < -0.4 is 5.32 Å². The number of likely N-dealkylation sites (N-methyl/N-ethyl adjacent to an activating group) is 1. The van der Waals surface area contributed by atoms with Crippen molar-refractivity contribution in [3.05, 3.63) is 0 Å². The van der Waals surface area contributed by atoms with E-state index in [0.717, 1.165) is 6.42 Å². The first-order valence-corrected chi connectivity index (χ1v) is 3.27. The van der Waals surface area contributed by atoms with E-state index in [1.165, 1.54) is 0 Å². The maximum Gasteiger partial charge on any atom is 0.345 e. The summed E-state index contributed by atoms with van der Waals surface area (Å²) in [6.45, 7) is -0.664. The monoisotopic (exact) mass is 153 g/mol. The third-order valence-electron chi connectivity index (χ3n) is 1.32. The lowest BCUT2D eigenvalue weighted by atomic mass is 10.2. The molecule has 2 nitrogen and oxygen atoms in total. The van der Waals surface area contributed by atoms with Gasteiger partial charge in [-0.05, 0) is 13.5 Å². The van der Waals surface area contributed by atoms with Gasteiger partial charge in [-0.15, -0.1) is 0 Å². The Bertz CT molecular complexity index is 76.1. The third kappa shape index (κ3) is 4.64. The zero-order valence-corrected chi connectivity index (χ0v) is 6.23. The van der Waals surface area contributed by atoms with Crippen LogP contribution in [0.2, 0.25) is 0 Å². The molecule has 0 amide bonds. The van der Waals surface area contributed by atoms with Crippen molar-refractivity contribution < 1.29 is 13.5 Å². The van der Waals surface area contributed by atoms with Gasteiger partial charge in [-0.1, -0.05) is 6.92 Å². The molecule has 0 bridgehead atoms. The van der Waals surface area contributed by atoms with Crippen LogP contribution in [0.5, 0.6) is 0 Å². The van der Waals surface area contributed by atoms with E-state index in [-0.39, 0.29) is 12.6 Å². The van der Waals surface area contributed by atoms with Gasteiger partial charge in [0, 0.05) is 6.04 Å². The van der Waals surface area contributed by atoms with Crippen molar-refractivity contribution in [1.82, 2.24) is 5.32 Å². The number of nitrogens with one attached hydrogen (secondary N) is 1. The molecule has 0 rings (SSSR count). The van der Waals surface area contributed by atoms with Gasteiger partial charge in [0.2, 0.25) is 0 Å². The largest absolute Gasteiger partial charge is 0.345 e. The fourth-order valence-corrected chi connectivity index (χ4v) is 0.594. The molecule has 0 aliphatic heterocycles. The summed E-state index contributed by atoms with van der Waals surface area (Å²) in [4.78, 5) is 0. The molecule has 1 N–H and O–H groups in total. The van der Waals surface area contributed by atoms with Crippen LogP contribution in [-0.4, -0.2) is 26.3 Å². The number of halogens is 2. The van der Waals surface area contributed by atoms with Gasteiger partial charge in [-0.2, -0.15) is 8.78 Å². The van der Waals surface area contributed by atoms with Gasteiger partial charge in [-0.25, -0.2) is 0 Å². The van der Waals surface area contributed by atoms with E-state index in [2.05, 4.69) is 10.1 Å². The van der Waals surface area contributed by atoms with Crippen molar-refractivity contribution in [1.29, 1.82) is 0 Å². The number of rotatable bonds is 5. The van der Waals surface area contributed by atoms with Crippen LogP contribution in [0.3, 0.4) is 0 Å². The first kappa shape index (κ1) is 9.78. The van der Waals surface area contributed by atoms with Gasteiger partial charge in [0.05, 0.1) is 6.61 Å². The van der Waals surface area contributed by atoms with Gasteiger partial charge in [0.25, 0.3) is 0 Å². The highest BCUT2D eigenvalue weighted by atomic mass is 19.3. The van der Waals surface area contributed by atoms with Crippen LogP contribution in [0.25, 0.3) is 0 Å². The second-order valence-electron chi connectivity index (χ2n) is 1.99.